The number of carbonyl (C=O) groups excluding carboxylic acids is 2. The lowest BCUT2D eigenvalue weighted by Gasteiger charge is -2.14. The third-order valence-corrected chi connectivity index (χ3v) is 4.91. The highest BCUT2D eigenvalue weighted by Gasteiger charge is 2.26. The van der Waals surface area contributed by atoms with Crippen LogP contribution in [-0.2, 0) is 16.6 Å². The van der Waals surface area contributed by atoms with Gasteiger partial charge in [0, 0.05) is 7.05 Å². The fraction of sp³-hybridized carbons (Fsp3) is 0.333. The van der Waals surface area contributed by atoms with Crippen molar-refractivity contribution in [1.29, 1.82) is 0 Å². The zero-order chi connectivity index (χ0) is 21.3. The molecule has 0 unspecified atom stereocenters. The highest BCUT2D eigenvalue weighted by molar-refractivity contribution is 5.98. The zero-order valence-corrected chi connectivity index (χ0v) is 17.5. The van der Waals surface area contributed by atoms with Gasteiger partial charge in [-0.3, -0.25) is 9.48 Å². The average Bonchev–Trinajstić information content (AvgIpc) is 3.11. The molecule has 152 valence electrons. The Labute approximate surface area is 169 Å². The number of rotatable bonds is 5. The van der Waals surface area contributed by atoms with Gasteiger partial charge in [-0.15, -0.1) is 0 Å². The fourth-order valence-corrected chi connectivity index (χ4v) is 3.21. The largest absolute Gasteiger partial charge is 0.449 e. The second kappa shape index (κ2) is 7.90. The van der Waals surface area contributed by atoms with Crippen molar-refractivity contribution in [1.82, 2.24) is 19.6 Å². The van der Waals surface area contributed by atoms with E-state index in [4.69, 9.17) is 4.74 Å². The molecule has 0 saturated carbocycles. The number of para-hydroxylation sites is 1. The summed E-state index contributed by atoms with van der Waals surface area (Å²) < 4.78 is 8.82. The number of benzene rings is 1. The number of aromatic nitrogens is 4. The fourth-order valence-electron chi connectivity index (χ4n) is 3.21. The van der Waals surface area contributed by atoms with Crippen molar-refractivity contribution < 1.29 is 14.3 Å². The van der Waals surface area contributed by atoms with E-state index in [2.05, 4.69) is 15.5 Å². The number of ether oxygens (including phenoxy) is 1. The van der Waals surface area contributed by atoms with Crippen LogP contribution >= 0.6 is 0 Å². The Morgan fingerprint density at radius 1 is 1.00 bits per heavy atom. The molecule has 0 aliphatic heterocycles. The zero-order valence-electron chi connectivity index (χ0n) is 17.5. The molecule has 1 atom stereocenters. The molecule has 0 aliphatic rings. The molecule has 1 aromatic carbocycles. The van der Waals surface area contributed by atoms with Crippen LogP contribution < -0.4 is 5.32 Å². The first-order chi connectivity index (χ1) is 13.7. The van der Waals surface area contributed by atoms with E-state index in [-0.39, 0.29) is 0 Å². The van der Waals surface area contributed by atoms with E-state index in [0.29, 0.717) is 28.3 Å². The maximum absolute atomic E-state index is 12.8. The molecular weight excluding hydrogens is 370 g/mol. The minimum absolute atomic E-state index is 0.363. The molecule has 8 heteroatoms. The number of nitrogens with one attached hydrogen (secondary N) is 1. The molecule has 0 saturated heterocycles. The number of hydrogen-bond donors (Lipinski definition) is 1. The van der Waals surface area contributed by atoms with Crippen LogP contribution in [0.3, 0.4) is 0 Å². The van der Waals surface area contributed by atoms with E-state index < -0.39 is 18.0 Å². The van der Waals surface area contributed by atoms with Gasteiger partial charge in [-0.1, -0.05) is 18.2 Å². The molecule has 8 nitrogen and oxygen atoms in total. The third-order valence-electron chi connectivity index (χ3n) is 4.91. The molecular formula is C21H25N5O3. The van der Waals surface area contributed by atoms with Crippen molar-refractivity contribution in [3.05, 3.63) is 58.7 Å². The molecule has 29 heavy (non-hydrogen) atoms. The van der Waals surface area contributed by atoms with Crippen LogP contribution in [0.15, 0.2) is 30.3 Å². The lowest BCUT2D eigenvalue weighted by atomic mass is 10.2. The normalized spacial score (nSPS) is 11.9. The van der Waals surface area contributed by atoms with Crippen molar-refractivity contribution in [3.8, 4) is 5.69 Å². The van der Waals surface area contributed by atoms with Crippen molar-refractivity contribution in [2.24, 2.45) is 7.05 Å². The average molecular weight is 395 g/mol. The highest BCUT2D eigenvalue weighted by Crippen LogP contribution is 2.21. The predicted octanol–water partition coefficient (Wildman–Crippen LogP) is 3.02. The van der Waals surface area contributed by atoms with Crippen molar-refractivity contribution >= 4 is 17.6 Å². The first-order valence-electron chi connectivity index (χ1n) is 9.34. The Morgan fingerprint density at radius 2 is 1.66 bits per heavy atom. The summed E-state index contributed by atoms with van der Waals surface area (Å²) in [6.45, 7) is 8.76. The lowest BCUT2D eigenvalue weighted by molar-refractivity contribution is -0.123. The molecule has 3 rings (SSSR count). The summed E-state index contributed by atoms with van der Waals surface area (Å²) in [6.07, 6.45) is -0.972. The van der Waals surface area contributed by atoms with E-state index in [1.165, 1.54) is 0 Å². The van der Waals surface area contributed by atoms with Gasteiger partial charge in [0.15, 0.2) is 6.10 Å². The van der Waals surface area contributed by atoms with E-state index in [0.717, 1.165) is 11.4 Å². The number of aryl methyl sites for hydroxylation is 3. The summed E-state index contributed by atoms with van der Waals surface area (Å²) >= 11 is 0. The van der Waals surface area contributed by atoms with Gasteiger partial charge >= 0.3 is 5.97 Å². The predicted molar refractivity (Wildman–Crippen MR) is 109 cm³/mol. The summed E-state index contributed by atoms with van der Waals surface area (Å²) in [7, 11) is 1.80. The van der Waals surface area contributed by atoms with Crippen molar-refractivity contribution in [3.63, 3.8) is 0 Å². The van der Waals surface area contributed by atoms with Gasteiger partial charge < -0.3 is 10.1 Å². The molecule has 0 radical (unpaired) electrons. The quantitative estimate of drug-likeness (QED) is 0.671. The van der Waals surface area contributed by atoms with Crippen LogP contribution in [0.1, 0.15) is 40.1 Å². The molecule has 3 aromatic rings. The Bertz CT molecular complexity index is 1070. The Balaban J connectivity index is 1.76. The molecule has 0 aliphatic carbocycles. The minimum atomic E-state index is -0.972. The SMILES string of the molecule is Cc1nn(C)c(C)c1NC(=O)[C@@H](C)OC(=O)c1c(C)nn(-c2ccccc2)c1C. The van der Waals surface area contributed by atoms with Gasteiger partial charge in [0.05, 0.1) is 34.2 Å². The number of esters is 1. The Morgan fingerprint density at radius 3 is 2.24 bits per heavy atom. The first-order valence-corrected chi connectivity index (χ1v) is 9.34. The molecule has 0 bridgehead atoms. The van der Waals surface area contributed by atoms with E-state index in [9.17, 15) is 9.59 Å². The van der Waals surface area contributed by atoms with Gasteiger partial charge in [-0.05, 0) is 46.8 Å². The van der Waals surface area contributed by atoms with Crippen molar-refractivity contribution in [2.45, 2.75) is 40.7 Å². The van der Waals surface area contributed by atoms with Gasteiger partial charge in [0.2, 0.25) is 0 Å². The lowest BCUT2D eigenvalue weighted by Crippen LogP contribution is -2.30. The van der Waals surface area contributed by atoms with Crippen LogP contribution in [0.4, 0.5) is 5.69 Å². The standard InChI is InChI=1S/C21H25N5O3/c1-12-18(14(3)26(24-12)17-10-8-7-9-11-17)21(28)29-16(5)20(27)22-19-13(2)23-25(6)15(19)4/h7-11,16H,1-6H3,(H,22,27)/t16-/m1/s1. The molecule has 0 fully saturated rings. The highest BCUT2D eigenvalue weighted by atomic mass is 16.5. The molecule has 1 N–H and O–H groups in total. The third kappa shape index (κ3) is 3.91. The van der Waals surface area contributed by atoms with Crippen LogP contribution in [0.2, 0.25) is 0 Å². The van der Waals surface area contributed by atoms with Gasteiger partial charge in [-0.2, -0.15) is 10.2 Å². The summed E-state index contributed by atoms with van der Waals surface area (Å²) in [6, 6.07) is 9.53. The van der Waals surface area contributed by atoms with Crippen LogP contribution in [0, 0.1) is 27.7 Å². The summed E-state index contributed by atoms with van der Waals surface area (Å²) in [5, 5.41) is 11.5. The maximum Gasteiger partial charge on any atom is 0.342 e. The number of nitrogens with zero attached hydrogens (tertiary/aromatic N) is 4. The van der Waals surface area contributed by atoms with Gasteiger partial charge in [-0.25, -0.2) is 9.48 Å². The van der Waals surface area contributed by atoms with Crippen LogP contribution in [0.25, 0.3) is 5.69 Å². The maximum atomic E-state index is 12.8. The smallest absolute Gasteiger partial charge is 0.342 e. The number of anilines is 1. The van der Waals surface area contributed by atoms with E-state index in [1.54, 1.807) is 37.2 Å². The van der Waals surface area contributed by atoms with Crippen LogP contribution in [-0.4, -0.2) is 37.5 Å². The summed E-state index contributed by atoms with van der Waals surface area (Å²) in [5.74, 6) is -0.993. The van der Waals surface area contributed by atoms with Crippen molar-refractivity contribution in [2.75, 3.05) is 5.32 Å². The number of amides is 1. The minimum Gasteiger partial charge on any atom is -0.449 e. The first kappa shape index (κ1) is 20.3. The van der Waals surface area contributed by atoms with E-state index in [1.807, 2.05) is 44.2 Å². The summed E-state index contributed by atoms with van der Waals surface area (Å²) in [5.41, 5.74) is 4.57. The Hall–Kier alpha value is -3.42. The number of carbonyl (C=O) groups is 2. The number of hydrogen-bond acceptors (Lipinski definition) is 5. The molecule has 1 amide bonds. The monoisotopic (exact) mass is 395 g/mol. The van der Waals surface area contributed by atoms with Gasteiger partial charge in [0.1, 0.15) is 5.56 Å². The van der Waals surface area contributed by atoms with Gasteiger partial charge in [0.25, 0.3) is 5.91 Å². The summed E-state index contributed by atoms with van der Waals surface area (Å²) in [4.78, 5) is 25.3. The molecule has 2 aromatic heterocycles. The second-order valence-corrected chi connectivity index (χ2v) is 7.00. The Kier molecular flexibility index (Phi) is 5.54. The van der Waals surface area contributed by atoms with E-state index >= 15 is 0 Å². The molecule has 2 heterocycles. The topological polar surface area (TPSA) is 91.0 Å². The molecule has 0 spiro atoms. The van der Waals surface area contributed by atoms with Crippen LogP contribution in [0.5, 0.6) is 0 Å². The second-order valence-electron chi connectivity index (χ2n) is 7.00.